The molecule has 2 aromatic carbocycles. The average molecular weight is 484 g/mol. The number of likely N-dealkylation sites (N-methyl/N-ethyl adjacent to an activating group) is 1. The molecule has 3 amide bonds. The Morgan fingerprint density at radius 1 is 0.943 bits per heavy atom. The monoisotopic (exact) mass is 483 g/mol. The smallest absolute Gasteiger partial charge is 0.408 e. The molecular weight excluding hydrogens is 446 g/mol. The fraction of sp³-hybridized carbons (Fsp3) is 0.444. The number of amides is 3. The molecule has 2 N–H and O–H groups in total. The highest BCUT2D eigenvalue weighted by molar-refractivity contribution is 5.99. The summed E-state index contributed by atoms with van der Waals surface area (Å²) >= 11 is 0. The molecule has 35 heavy (non-hydrogen) atoms. The van der Waals surface area contributed by atoms with E-state index in [4.69, 9.17) is 9.47 Å². The SMILES string of the molecule is COc1ccc(NC(=O)C(c2ccc(C)cc2)N(C)C(=O)C(NC(=O)OC(C)(C)C)C(C)C)cc1. The maximum atomic E-state index is 13.6. The molecule has 0 aromatic heterocycles. The van der Waals surface area contributed by atoms with E-state index in [-0.39, 0.29) is 11.8 Å². The van der Waals surface area contributed by atoms with Crippen LogP contribution < -0.4 is 15.4 Å². The first-order chi connectivity index (χ1) is 16.3. The molecule has 0 saturated carbocycles. The third-order valence-electron chi connectivity index (χ3n) is 5.34. The van der Waals surface area contributed by atoms with Crippen molar-refractivity contribution in [3.63, 3.8) is 0 Å². The minimum Gasteiger partial charge on any atom is -0.497 e. The van der Waals surface area contributed by atoms with Crippen molar-refractivity contribution in [3.8, 4) is 5.75 Å². The van der Waals surface area contributed by atoms with Gasteiger partial charge in [0, 0.05) is 12.7 Å². The Labute approximate surface area is 208 Å². The highest BCUT2D eigenvalue weighted by atomic mass is 16.6. The van der Waals surface area contributed by atoms with Crippen molar-refractivity contribution in [2.75, 3.05) is 19.5 Å². The topological polar surface area (TPSA) is 97.0 Å². The van der Waals surface area contributed by atoms with E-state index in [9.17, 15) is 14.4 Å². The van der Waals surface area contributed by atoms with Gasteiger partial charge < -0.3 is 25.0 Å². The molecule has 0 aliphatic carbocycles. The fourth-order valence-electron chi connectivity index (χ4n) is 3.48. The quantitative estimate of drug-likeness (QED) is 0.568. The highest BCUT2D eigenvalue weighted by Gasteiger charge is 2.35. The predicted octanol–water partition coefficient (Wildman–Crippen LogP) is 4.69. The van der Waals surface area contributed by atoms with Gasteiger partial charge in [0.1, 0.15) is 23.4 Å². The summed E-state index contributed by atoms with van der Waals surface area (Å²) in [7, 11) is 3.13. The molecule has 0 aliphatic rings. The zero-order valence-corrected chi connectivity index (χ0v) is 21.8. The molecule has 0 radical (unpaired) electrons. The normalized spacial score (nSPS) is 12.9. The molecule has 0 aliphatic heterocycles. The van der Waals surface area contributed by atoms with Crippen LogP contribution in [0.4, 0.5) is 10.5 Å². The van der Waals surface area contributed by atoms with E-state index in [0.717, 1.165) is 5.56 Å². The first-order valence-electron chi connectivity index (χ1n) is 11.6. The number of methoxy groups -OCH3 is 1. The van der Waals surface area contributed by atoms with Gasteiger partial charge in [0.2, 0.25) is 5.91 Å². The lowest BCUT2D eigenvalue weighted by Crippen LogP contribution is -2.53. The van der Waals surface area contributed by atoms with E-state index in [1.807, 2.05) is 45.0 Å². The first-order valence-corrected chi connectivity index (χ1v) is 11.6. The van der Waals surface area contributed by atoms with Gasteiger partial charge >= 0.3 is 6.09 Å². The number of nitrogens with one attached hydrogen (secondary N) is 2. The van der Waals surface area contributed by atoms with E-state index < -0.39 is 29.7 Å². The summed E-state index contributed by atoms with van der Waals surface area (Å²) in [4.78, 5) is 40.8. The van der Waals surface area contributed by atoms with Gasteiger partial charge in [-0.1, -0.05) is 43.7 Å². The van der Waals surface area contributed by atoms with Crippen molar-refractivity contribution >= 4 is 23.6 Å². The number of nitrogens with zero attached hydrogens (tertiary/aromatic N) is 1. The van der Waals surface area contributed by atoms with Crippen LogP contribution in [0.15, 0.2) is 48.5 Å². The number of hydrogen-bond acceptors (Lipinski definition) is 5. The summed E-state index contributed by atoms with van der Waals surface area (Å²) in [6, 6.07) is 12.6. The number of anilines is 1. The number of carbonyl (C=O) groups excluding carboxylic acids is 3. The largest absolute Gasteiger partial charge is 0.497 e. The first kappa shape index (κ1) is 27.7. The van der Waals surface area contributed by atoms with E-state index in [0.29, 0.717) is 17.0 Å². The summed E-state index contributed by atoms with van der Waals surface area (Å²) in [5, 5.41) is 5.55. The van der Waals surface area contributed by atoms with Crippen LogP contribution in [-0.2, 0) is 14.3 Å². The van der Waals surface area contributed by atoms with Gasteiger partial charge in [-0.2, -0.15) is 0 Å². The molecule has 0 saturated heterocycles. The Morgan fingerprint density at radius 2 is 1.51 bits per heavy atom. The number of benzene rings is 2. The van der Waals surface area contributed by atoms with Crippen molar-refractivity contribution in [2.45, 2.75) is 59.2 Å². The Bertz CT molecular complexity index is 1010. The van der Waals surface area contributed by atoms with Crippen molar-refractivity contribution in [1.29, 1.82) is 0 Å². The second-order valence-electron chi connectivity index (χ2n) is 9.85. The van der Waals surface area contributed by atoms with Crippen LogP contribution in [0.3, 0.4) is 0 Å². The summed E-state index contributed by atoms with van der Waals surface area (Å²) in [5.41, 5.74) is 1.55. The third-order valence-corrected chi connectivity index (χ3v) is 5.34. The van der Waals surface area contributed by atoms with Gasteiger partial charge in [-0.15, -0.1) is 0 Å². The van der Waals surface area contributed by atoms with E-state index in [2.05, 4.69) is 10.6 Å². The third kappa shape index (κ3) is 8.02. The molecule has 2 rings (SSSR count). The molecule has 0 heterocycles. The van der Waals surface area contributed by atoms with E-state index in [1.165, 1.54) is 4.90 Å². The number of ether oxygens (including phenoxy) is 2. The number of aryl methyl sites for hydroxylation is 1. The Morgan fingerprint density at radius 3 is 2.00 bits per heavy atom. The molecule has 2 atom stereocenters. The van der Waals surface area contributed by atoms with Crippen LogP contribution in [0.1, 0.15) is 51.8 Å². The maximum absolute atomic E-state index is 13.6. The molecule has 0 spiro atoms. The minimum absolute atomic E-state index is 0.235. The lowest BCUT2D eigenvalue weighted by molar-refractivity contribution is -0.140. The molecule has 8 nitrogen and oxygen atoms in total. The van der Waals surface area contributed by atoms with Crippen LogP contribution in [0, 0.1) is 12.8 Å². The standard InChI is InChI=1S/C27H37N3O5/c1-17(2)22(29-26(33)35-27(4,5)6)25(32)30(7)23(19-11-9-18(3)10-12-19)24(31)28-20-13-15-21(34-8)16-14-20/h9-17,22-23H,1-8H3,(H,28,31)(H,29,33). The number of rotatable bonds is 8. The van der Waals surface area contributed by atoms with Crippen LogP contribution in [0.5, 0.6) is 5.75 Å². The molecule has 2 unspecified atom stereocenters. The molecular formula is C27H37N3O5. The predicted molar refractivity (Wildman–Crippen MR) is 136 cm³/mol. The van der Waals surface area contributed by atoms with E-state index >= 15 is 0 Å². The highest BCUT2D eigenvalue weighted by Crippen LogP contribution is 2.25. The van der Waals surface area contributed by atoms with E-state index in [1.54, 1.807) is 59.2 Å². The molecule has 0 fully saturated rings. The second kappa shape index (κ2) is 11.7. The zero-order valence-electron chi connectivity index (χ0n) is 21.8. The van der Waals surface area contributed by atoms with Crippen LogP contribution >= 0.6 is 0 Å². The molecule has 8 heteroatoms. The van der Waals surface area contributed by atoms with Crippen molar-refractivity contribution in [3.05, 3.63) is 59.7 Å². The van der Waals surface area contributed by atoms with Gasteiger partial charge in [0.15, 0.2) is 0 Å². The van der Waals surface area contributed by atoms with Gasteiger partial charge in [-0.05, 0) is 63.4 Å². The van der Waals surface area contributed by atoms with Crippen molar-refractivity contribution in [1.82, 2.24) is 10.2 Å². The van der Waals surface area contributed by atoms with Crippen LogP contribution in [0.2, 0.25) is 0 Å². The Hall–Kier alpha value is -3.55. The number of carbonyl (C=O) groups is 3. The lowest BCUT2D eigenvalue weighted by atomic mass is 9.99. The van der Waals surface area contributed by atoms with Gasteiger partial charge in [-0.25, -0.2) is 4.79 Å². The summed E-state index contributed by atoms with van der Waals surface area (Å²) in [6.07, 6.45) is -0.687. The van der Waals surface area contributed by atoms with Gasteiger partial charge in [0.05, 0.1) is 7.11 Å². The fourth-order valence-corrected chi connectivity index (χ4v) is 3.48. The Kier molecular flexibility index (Phi) is 9.28. The minimum atomic E-state index is -0.924. The number of alkyl carbamates (subject to hydrolysis) is 1. The van der Waals surface area contributed by atoms with Crippen LogP contribution in [0.25, 0.3) is 0 Å². The zero-order chi connectivity index (χ0) is 26.3. The summed E-state index contributed by atoms with van der Waals surface area (Å²) < 4.78 is 10.5. The summed E-state index contributed by atoms with van der Waals surface area (Å²) in [5.74, 6) is -0.352. The van der Waals surface area contributed by atoms with Crippen molar-refractivity contribution < 1.29 is 23.9 Å². The summed E-state index contributed by atoms with van der Waals surface area (Å²) in [6.45, 7) is 10.9. The van der Waals surface area contributed by atoms with Gasteiger partial charge in [0.25, 0.3) is 5.91 Å². The van der Waals surface area contributed by atoms with Gasteiger partial charge in [-0.3, -0.25) is 9.59 Å². The number of hydrogen-bond donors (Lipinski definition) is 2. The Balaban J connectivity index is 2.34. The van der Waals surface area contributed by atoms with Crippen molar-refractivity contribution in [2.24, 2.45) is 5.92 Å². The van der Waals surface area contributed by atoms with Crippen LogP contribution in [-0.4, -0.2) is 48.6 Å². The maximum Gasteiger partial charge on any atom is 0.408 e. The molecule has 190 valence electrons. The average Bonchev–Trinajstić information content (AvgIpc) is 2.77. The second-order valence-corrected chi connectivity index (χ2v) is 9.85. The molecule has 0 bridgehead atoms. The molecule has 2 aromatic rings. The lowest BCUT2D eigenvalue weighted by Gasteiger charge is -2.33.